The Labute approximate surface area is 140 Å². The van der Waals surface area contributed by atoms with Crippen LogP contribution in [0.4, 0.5) is 5.69 Å². The van der Waals surface area contributed by atoms with Gasteiger partial charge in [0.15, 0.2) is 0 Å². The first-order valence-corrected chi connectivity index (χ1v) is 8.68. The van der Waals surface area contributed by atoms with Crippen LogP contribution in [0.5, 0.6) is 0 Å². The standard InChI is InChI=1S/C17H13BrN2OS/c18-15-9-22-16-6-10(2-4-14(15)16)17(21)20-13-3-1-11-7-19-8-12(11)5-13/h1-6,9,19H,7-8H2,(H,20,21). The lowest BCUT2D eigenvalue weighted by molar-refractivity contribution is 0.102. The summed E-state index contributed by atoms with van der Waals surface area (Å²) >= 11 is 5.15. The molecule has 5 heteroatoms. The van der Waals surface area contributed by atoms with E-state index in [2.05, 4.69) is 32.6 Å². The topological polar surface area (TPSA) is 41.1 Å². The van der Waals surface area contributed by atoms with Gasteiger partial charge in [-0.25, -0.2) is 0 Å². The van der Waals surface area contributed by atoms with Gasteiger partial charge in [0.2, 0.25) is 0 Å². The molecule has 0 bridgehead atoms. The van der Waals surface area contributed by atoms with Crippen molar-refractivity contribution in [1.82, 2.24) is 5.32 Å². The van der Waals surface area contributed by atoms with Crippen molar-refractivity contribution < 1.29 is 4.79 Å². The van der Waals surface area contributed by atoms with E-state index in [0.29, 0.717) is 5.56 Å². The number of rotatable bonds is 2. The van der Waals surface area contributed by atoms with Gasteiger partial charge in [-0.15, -0.1) is 11.3 Å². The Hall–Kier alpha value is -1.69. The van der Waals surface area contributed by atoms with Crippen molar-refractivity contribution in [3.8, 4) is 0 Å². The Bertz CT molecular complexity index is 887. The molecule has 4 rings (SSSR count). The summed E-state index contributed by atoms with van der Waals surface area (Å²) in [6, 6.07) is 11.9. The van der Waals surface area contributed by atoms with E-state index < -0.39 is 0 Å². The average molecular weight is 373 g/mol. The molecule has 1 aromatic heterocycles. The predicted molar refractivity (Wildman–Crippen MR) is 94.5 cm³/mol. The molecule has 0 aliphatic carbocycles. The smallest absolute Gasteiger partial charge is 0.255 e. The van der Waals surface area contributed by atoms with Crippen molar-refractivity contribution in [3.05, 3.63) is 62.9 Å². The maximum Gasteiger partial charge on any atom is 0.255 e. The number of anilines is 1. The molecule has 0 atom stereocenters. The molecule has 0 unspecified atom stereocenters. The molecule has 0 spiro atoms. The fourth-order valence-corrected chi connectivity index (χ4v) is 4.33. The van der Waals surface area contributed by atoms with Gasteiger partial charge in [-0.2, -0.15) is 0 Å². The fraction of sp³-hybridized carbons (Fsp3) is 0.118. The summed E-state index contributed by atoms with van der Waals surface area (Å²) in [5, 5.41) is 9.48. The third-order valence-corrected chi connectivity index (χ3v) is 5.79. The number of thiophene rings is 1. The van der Waals surface area contributed by atoms with Crippen LogP contribution in [-0.2, 0) is 13.1 Å². The normalized spacial score (nSPS) is 13.3. The van der Waals surface area contributed by atoms with Gasteiger partial charge in [0, 0.05) is 44.3 Å². The fourth-order valence-electron chi connectivity index (χ4n) is 2.71. The van der Waals surface area contributed by atoms with Gasteiger partial charge >= 0.3 is 0 Å². The quantitative estimate of drug-likeness (QED) is 0.694. The highest BCUT2D eigenvalue weighted by atomic mass is 79.9. The molecule has 1 aliphatic heterocycles. The second-order valence-electron chi connectivity index (χ2n) is 5.34. The lowest BCUT2D eigenvalue weighted by Crippen LogP contribution is -2.11. The summed E-state index contributed by atoms with van der Waals surface area (Å²) in [5.74, 6) is -0.0719. The van der Waals surface area contributed by atoms with Crippen molar-refractivity contribution in [2.45, 2.75) is 13.1 Å². The molecule has 1 amide bonds. The van der Waals surface area contributed by atoms with Crippen LogP contribution in [0.15, 0.2) is 46.3 Å². The number of fused-ring (bicyclic) bond motifs is 2. The summed E-state index contributed by atoms with van der Waals surface area (Å²) in [6.45, 7) is 1.78. The van der Waals surface area contributed by atoms with E-state index in [0.717, 1.165) is 33.3 Å². The van der Waals surface area contributed by atoms with Crippen molar-refractivity contribution >= 4 is 48.9 Å². The van der Waals surface area contributed by atoms with Crippen LogP contribution in [0.2, 0.25) is 0 Å². The average Bonchev–Trinajstić information content (AvgIpc) is 3.13. The Kier molecular flexibility index (Phi) is 3.48. The summed E-state index contributed by atoms with van der Waals surface area (Å²) in [4.78, 5) is 12.4. The van der Waals surface area contributed by atoms with Crippen LogP contribution in [0.3, 0.4) is 0 Å². The van der Waals surface area contributed by atoms with E-state index >= 15 is 0 Å². The van der Waals surface area contributed by atoms with E-state index in [4.69, 9.17) is 0 Å². The van der Waals surface area contributed by atoms with E-state index in [1.54, 1.807) is 11.3 Å². The highest BCUT2D eigenvalue weighted by Crippen LogP contribution is 2.31. The predicted octanol–water partition coefficient (Wildman–Crippen LogP) is 4.52. The van der Waals surface area contributed by atoms with E-state index in [1.165, 1.54) is 11.1 Å². The van der Waals surface area contributed by atoms with E-state index in [-0.39, 0.29) is 5.91 Å². The minimum Gasteiger partial charge on any atom is -0.322 e. The molecule has 3 nitrogen and oxygen atoms in total. The van der Waals surface area contributed by atoms with Crippen LogP contribution in [0.1, 0.15) is 21.5 Å². The molecular formula is C17H13BrN2OS. The molecule has 22 heavy (non-hydrogen) atoms. The molecule has 0 radical (unpaired) electrons. The van der Waals surface area contributed by atoms with Gasteiger partial charge in [0.05, 0.1) is 0 Å². The molecule has 0 saturated carbocycles. The summed E-state index contributed by atoms with van der Waals surface area (Å²) in [7, 11) is 0. The zero-order valence-corrected chi connectivity index (χ0v) is 14.1. The first-order valence-electron chi connectivity index (χ1n) is 7.01. The van der Waals surface area contributed by atoms with Gasteiger partial charge in [0.1, 0.15) is 0 Å². The molecule has 0 fully saturated rings. The Morgan fingerprint density at radius 2 is 2.00 bits per heavy atom. The molecule has 110 valence electrons. The summed E-state index contributed by atoms with van der Waals surface area (Å²) in [6.07, 6.45) is 0. The molecule has 0 saturated heterocycles. The minimum absolute atomic E-state index is 0.0719. The number of carbonyl (C=O) groups excluding carboxylic acids is 1. The summed E-state index contributed by atoms with van der Waals surface area (Å²) < 4.78 is 2.18. The maximum absolute atomic E-state index is 12.4. The Morgan fingerprint density at radius 1 is 1.14 bits per heavy atom. The molecule has 2 heterocycles. The maximum atomic E-state index is 12.4. The number of benzene rings is 2. The second kappa shape index (κ2) is 5.50. The third-order valence-electron chi connectivity index (χ3n) is 3.89. The summed E-state index contributed by atoms with van der Waals surface area (Å²) in [5.41, 5.74) is 4.10. The van der Waals surface area contributed by atoms with Gasteiger partial charge in [0.25, 0.3) is 5.91 Å². The van der Waals surface area contributed by atoms with Crippen LogP contribution in [-0.4, -0.2) is 5.91 Å². The van der Waals surface area contributed by atoms with Crippen molar-refractivity contribution in [1.29, 1.82) is 0 Å². The van der Waals surface area contributed by atoms with Gasteiger partial charge in [-0.3, -0.25) is 4.79 Å². The highest BCUT2D eigenvalue weighted by molar-refractivity contribution is 9.10. The molecular weight excluding hydrogens is 360 g/mol. The number of halogens is 1. The molecule has 3 aromatic rings. The van der Waals surface area contributed by atoms with Gasteiger partial charge in [-0.05, 0) is 51.3 Å². The van der Waals surface area contributed by atoms with Crippen LogP contribution in [0.25, 0.3) is 10.1 Å². The van der Waals surface area contributed by atoms with Crippen LogP contribution < -0.4 is 10.6 Å². The van der Waals surface area contributed by atoms with Gasteiger partial charge < -0.3 is 10.6 Å². The Balaban J connectivity index is 1.60. The Morgan fingerprint density at radius 3 is 2.91 bits per heavy atom. The monoisotopic (exact) mass is 372 g/mol. The number of hydrogen-bond acceptors (Lipinski definition) is 3. The zero-order chi connectivity index (χ0) is 15.1. The van der Waals surface area contributed by atoms with Crippen LogP contribution >= 0.6 is 27.3 Å². The highest BCUT2D eigenvalue weighted by Gasteiger charge is 2.13. The van der Waals surface area contributed by atoms with E-state index in [9.17, 15) is 4.79 Å². The van der Waals surface area contributed by atoms with Crippen LogP contribution in [0, 0.1) is 0 Å². The van der Waals surface area contributed by atoms with Crippen molar-refractivity contribution in [2.24, 2.45) is 0 Å². The van der Waals surface area contributed by atoms with Gasteiger partial charge in [-0.1, -0.05) is 12.1 Å². The molecule has 2 aromatic carbocycles. The number of nitrogens with one attached hydrogen (secondary N) is 2. The first kappa shape index (κ1) is 13.9. The zero-order valence-electron chi connectivity index (χ0n) is 11.7. The SMILES string of the molecule is O=C(Nc1ccc2c(c1)CNC2)c1ccc2c(Br)csc2c1. The van der Waals surface area contributed by atoms with Crippen molar-refractivity contribution in [2.75, 3.05) is 5.32 Å². The number of carbonyl (C=O) groups is 1. The number of amides is 1. The third kappa shape index (κ3) is 2.45. The molecule has 2 N–H and O–H groups in total. The lowest BCUT2D eigenvalue weighted by atomic mass is 10.1. The second-order valence-corrected chi connectivity index (χ2v) is 7.10. The lowest BCUT2D eigenvalue weighted by Gasteiger charge is -2.07. The largest absolute Gasteiger partial charge is 0.322 e. The van der Waals surface area contributed by atoms with E-state index in [1.807, 2.05) is 35.7 Å². The van der Waals surface area contributed by atoms with Crippen molar-refractivity contribution in [3.63, 3.8) is 0 Å². The first-order chi connectivity index (χ1) is 10.7. The number of hydrogen-bond donors (Lipinski definition) is 2. The molecule has 1 aliphatic rings. The minimum atomic E-state index is -0.0719.